The number of aromatic nitrogens is 2. The predicted octanol–water partition coefficient (Wildman–Crippen LogP) is 11.1. The lowest BCUT2D eigenvalue weighted by molar-refractivity contribution is -0.146. The van der Waals surface area contributed by atoms with Crippen LogP contribution in [0.5, 0.6) is 0 Å². The molecular formula is C52H58Cl4F2N6O7. The number of esters is 2. The average molecular weight is 1060 g/mol. The second kappa shape index (κ2) is 22.8. The molecule has 0 bridgehead atoms. The largest absolute Gasteiger partial charge is 0.465 e. The summed E-state index contributed by atoms with van der Waals surface area (Å²) in [6.07, 6.45) is 11.0. The van der Waals surface area contributed by atoms with Crippen molar-refractivity contribution < 1.29 is 42.2 Å². The molecule has 5 aliphatic rings. The monoisotopic (exact) mass is 1060 g/mol. The van der Waals surface area contributed by atoms with Crippen LogP contribution in [0.15, 0.2) is 60.9 Å². The number of ether oxygens (including phenoxy) is 2. The van der Waals surface area contributed by atoms with E-state index in [4.69, 9.17) is 56.9 Å². The lowest BCUT2D eigenvalue weighted by atomic mass is 9.53. The van der Waals surface area contributed by atoms with Gasteiger partial charge < -0.3 is 25.8 Å². The number of anilines is 2. The van der Waals surface area contributed by atoms with Gasteiger partial charge in [-0.1, -0.05) is 86.2 Å². The number of halogens is 6. The van der Waals surface area contributed by atoms with E-state index < -0.39 is 40.5 Å². The normalized spacial score (nSPS) is 22.4. The molecule has 0 unspecified atom stereocenters. The number of Topliss-reactive ketones (excluding diaryl/α,β-unsaturated/α-hetero) is 1. The summed E-state index contributed by atoms with van der Waals surface area (Å²) in [4.78, 5) is 67.8. The molecule has 13 nitrogen and oxygen atoms in total. The van der Waals surface area contributed by atoms with Gasteiger partial charge in [0.2, 0.25) is 5.91 Å². The molecule has 2 spiro atoms. The second-order valence-corrected chi connectivity index (χ2v) is 21.1. The number of hydrogen-bond donors (Lipinski definition) is 4. The SMILES string of the molecule is CC1(C)CCC(=O)CC1.CCOC(=O)CN.CCOC(=O)[C@@H]1NC2(CCC(C)(C)CC2)[C@@]2(C(=O)Nc3cc(Cl)ccc32)[C@H]1c1ccnc(Cl)c1F.O=C1Nc2cc(Cl)ccc2C1=Cc1ccnc(Cl)c1F. The Kier molecular flexibility index (Phi) is 17.8. The topological polar surface area (TPSA) is 192 Å². The van der Waals surface area contributed by atoms with Gasteiger partial charge in [0.05, 0.1) is 25.4 Å². The molecule has 2 aromatic heterocycles. The first-order chi connectivity index (χ1) is 33.5. The Bertz CT molecular complexity index is 2720. The minimum atomic E-state index is -1.29. The van der Waals surface area contributed by atoms with Crippen molar-refractivity contribution >= 4 is 99.0 Å². The fourth-order valence-electron chi connectivity index (χ4n) is 9.97. The number of benzene rings is 2. The van der Waals surface area contributed by atoms with Crippen LogP contribution in [-0.4, -0.2) is 70.8 Å². The van der Waals surface area contributed by atoms with E-state index in [1.807, 2.05) is 6.07 Å². The Hall–Kier alpha value is -5.03. The van der Waals surface area contributed by atoms with Crippen molar-refractivity contribution in [3.05, 3.63) is 115 Å². The maximum absolute atomic E-state index is 15.6. The van der Waals surface area contributed by atoms with Gasteiger partial charge in [0.1, 0.15) is 17.2 Å². The van der Waals surface area contributed by atoms with Crippen molar-refractivity contribution in [1.29, 1.82) is 0 Å². The van der Waals surface area contributed by atoms with Crippen molar-refractivity contribution in [2.45, 2.75) is 116 Å². The van der Waals surface area contributed by atoms with E-state index in [9.17, 15) is 28.4 Å². The average Bonchev–Trinajstić information content (AvgIpc) is 3.91. The highest BCUT2D eigenvalue weighted by atomic mass is 35.5. The number of rotatable bonds is 6. The Morgan fingerprint density at radius 2 is 1.34 bits per heavy atom. The molecule has 4 aromatic rings. The van der Waals surface area contributed by atoms with E-state index in [0.717, 1.165) is 38.5 Å². The third-order valence-electron chi connectivity index (χ3n) is 13.8. The summed E-state index contributed by atoms with van der Waals surface area (Å²) in [5, 5.41) is 9.69. The molecule has 5 N–H and O–H groups in total. The fraction of sp³-hybridized carbons (Fsp3) is 0.442. The van der Waals surface area contributed by atoms with Crippen molar-refractivity contribution in [2.75, 3.05) is 30.4 Å². The minimum Gasteiger partial charge on any atom is -0.465 e. The molecule has 19 heteroatoms. The van der Waals surface area contributed by atoms with E-state index in [0.29, 0.717) is 68.8 Å². The van der Waals surface area contributed by atoms with Gasteiger partial charge in [-0.3, -0.25) is 29.3 Å². The third-order valence-corrected chi connectivity index (χ3v) is 14.8. The Morgan fingerprint density at radius 1 is 0.761 bits per heavy atom. The first-order valence-electron chi connectivity index (χ1n) is 23.4. The summed E-state index contributed by atoms with van der Waals surface area (Å²) >= 11 is 23.9. The molecule has 1 saturated heterocycles. The van der Waals surface area contributed by atoms with Crippen molar-refractivity contribution in [1.82, 2.24) is 15.3 Å². The standard InChI is InChI=1S/C26H28Cl2FN3O3.C14H7Cl2FN2O.C8H14O.C4H9NO2/c1-4-35-22(33)20-18(15-7-12-30-21(28)19(15)29)26(25(32-20)10-8-24(2,3)9-11-25)16-6-5-14(27)13-17(16)31-23(26)34;15-8-1-2-9-10(14(20)19-11(9)6-8)5-7-3-4-18-13(16)12(7)17;1-8(2)5-3-7(9)4-6-8;1-2-7-4(6)3-5/h5-7,12-13,18,20,32H,4,8-11H2,1-3H3,(H,31,34);1-6H,(H,19,20);3-6H2,1-2H3;2-3,5H2,1H3/t18-,20+,26+;;;/m0.../s1. The number of ketones is 1. The Balaban J connectivity index is 0.000000190. The molecule has 3 fully saturated rings. The molecule has 2 aromatic carbocycles. The number of fused-ring (bicyclic) bond motifs is 4. The van der Waals surface area contributed by atoms with Crippen LogP contribution in [-0.2, 0) is 38.9 Å². The third kappa shape index (κ3) is 11.9. The first kappa shape index (κ1) is 55.3. The Labute approximate surface area is 432 Å². The zero-order chi connectivity index (χ0) is 52.1. The van der Waals surface area contributed by atoms with Gasteiger partial charge in [-0.2, -0.15) is 0 Å². The highest BCUT2D eigenvalue weighted by molar-refractivity contribution is 6.37. The number of nitrogens with two attached hydrogens (primary N) is 1. The number of nitrogens with zero attached hydrogens (tertiary/aromatic N) is 2. The van der Waals surface area contributed by atoms with Crippen molar-refractivity contribution in [2.24, 2.45) is 16.6 Å². The van der Waals surface area contributed by atoms with Gasteiger partial charge in [-0.25, -0.2) is 18.7 Å². The maximum Gasteiger partial charge on any atom is 0.323 e. The van der Waals surface area contributed by atoms with E-state index in [2.05, 4.69) is 58.4 Å². The number of carbonyl (C=O) groups is 5. The predicted molar refractivity (Wildman–Crippen MR) is 272 cm³/mol. The second-order valence-electron chi connectivity index (χ2n) is 19.5. The quantitative estimate of drug-likeness (QED) is 0.0816. The Morgan fingerprint density at radius 3 is 1.93 bits per heavy atom. The molecule has 2 aliphatic carbocycles. The van der Waals surface area contributed by atoms with Crippen LogP contribution in [0.4, 0.5) is 20.2 Å². The zero-order valence-electron chi connectivity index (χ0n) is 40.4. The lowest BCUT2D eigenvalue weighted by Gasteiger charge is -2.50. The van der Waals surface area contributed by atoms with Crippen LogP contribution < -0.4 is 21.7 Å². The van der Waals surface area contributed by atoms with Gasteiger partial charge in [0.15, 0.2) is 21.9 Å². The first-order valence-corrected chi connectivity index (χ1v) is 24.9. The van der Waals surface area contributed by atoms with Crippen LogP contribution in [0.3, 0.4) is 0 Å². The highest BCUT2D eigenvalue weighted by Crippen LogP contribution is 2.64. The molecular weight excluding hydrogens is 1000 g/mol. The van der Waals surface area contributed by atoms with Crippen LogP contribution >= 0.6 is 46.4 Å². The summed E-state index contributed by atoms with van der Waals surface area (Å²) in [6.45, 7) is 12.9. The van der Waals surface area contributed by atoms with E-state index in [1.54, 1.807) is 44.2 Å². The van der Waals surface area contributed by atoms with Gasteiger partial charge in [0, 0.05) is 69.1 Å². The fourth-order valence-corrected chi connectivity index (χ4v) is 10.6. The molecule has 2 amide bonds. The number of nitrogens with one attached hydrogen (secondary N) is 3. The van der Waals surface area contributed by atoms with Crippen LogP contribution in [0, 0.1) is 22.5 Å². The summed E-state index contributed by atoms with van der Waals surface area (Å²) in [5.41, 5.74) is 6.58. The summed E-state index contributed by atoms with van der Waals surface area (Å²) < 4.78 is 39.3. The molecule has 0 radical (unpaired) electrons. The smallest absolute Gasteiger partial charge is 0.323 e. The number of carbonyl (C=O) groups excluding carboxylic acids is 5. The molecule has 71 heavy (non-hydrogen) atoms. The lowest BCUT2D eigenvalue weighted by Crippen LogP contribution is -2.61. The minimum absolute atomic E-state index is 0.0200. The highest BCUT2D eigenvalue weighted by Gasteiger charge is 2.73. The molecule has 3 aliphatic heterocycles. The van der Waals surface area contributed by atoms with Gasteiger partial charge >= 0.3 is 11.9 Å². The summed E-state index contributed by atoms with van der Waals surface area (Å²) in [7, 11) is 0. The number of pyridine rings is 2. The molecule has 2 saturated carbocycles. The zero-order valence-corrected chi connectivity index (χ0v) is 43.4. The van der Waals surface area contributed by atoms with Crippen LogP contribution in [0.1, 0.15) is 121 Å². The van der Waals surface area contributed by atoms with Crippen molar-refractivity contribution in [3.8, 4) is 0 Å². The molecule has 380 valence electrons. The van der Waals surface area contributed by atoms with E-state index >= 15 is 4.39 Å². The van der Waals surface area contributed by atoms with E-state index in [-0.39, 0.29) is 57.8 Å². The van der Waals surface area contributed by atoms with Crippen molar-refractivity contribution in [3.63, 3.8) is 0 Å². The molecule has 5 heterocycles. The van der Waals surface area contributed by atoms with Crippen LogP contribution in [0.2, 0.25) is 20.4 Å². The number of hydrogen-bond acceptors (Lipinski definition) is 11. The van der Waals surface area contributed by atoms with Gasteiger partial charge in [-0.15, -0.1) is 0 Å². The maximum atomic E-state index is 15.6. The summed E-state index contributed by atoms with van der Waals surface area (Å²) in [6, 6.07) is 12.3. The van der Waals surface area contributed by atoms with Gasteiger partial charge in [0.25, 0.3) is 5.91 Å². The van der Waals surface area contributed by atoms with Gasteiger partial charge in [-0.05, 0) is 117 Å². The van der Waals surface area contributed by atoms with E-state index in [1.165, 1.54) is 30.6 Å². The molecule has 9 rings (SSSR count). The van der Waals surface area contributed by atoms with Crippen LogP contribution in [0.25, 0.3) is 11.6 Å². The number of amides is 2. The summed E-state index contributed by atoms with van der Waals surface area (Å²) in [5.74, 6) is -3.32. The molecule has 3 atom stereocenters.